The van der Waals surface area contributed by atoms with E-state index in [9.17, 15) is 9.59 Å². The Morgan fingerprint density at radius 3 is 2.61 bits per heavy atom. The standard InChI is InChI=1S/C16H13ClN4O2/c1-10(15(22)18-12-8-6-11(17)7-9-12)21-16(23)13-4-2-3-5-14(13)19-20-21/h2-10H,1H3,(H,18,22). The van der Waals surface area contributed by atoms with Crippen LogP contribution in [0.15, 0.2) is 53.3 Å². The molecular weight excluding hydrogens is 316 g/mol. The van der Waals surface area contributed by atoms with Crippen LogP contribution in [0, 0.1) is 0 Å². The largest absolute Gasteiger partial charge is 0.324 e. The van der Waals surface area contributed by atoms with Crippen molar-refractivity contribution in [2.75, 3.05) is 5.32 Å². The van der Waals surface area contributed by atoms with E-state index in [2.05, 4.69) is 15.6 Å². The maximum Gasteiger partial charge on any atom is 0.278 e. The number of nitrogens with one attached hydrogen (secondary N) is 1. The Kier molecular flexibility index (Phi) is 4.08. The number of nitrogens with zero attached hydrogens (tertiary/aromatic N) is 3. The molecule has 0 fully saturated rings. The Bertz CT molecular complexity index is 921. The lowest BCUT2D eigenvalue weighted by Gasteiger charge is -2.13. The summed E-state index contributed by atoms with van der Waals surface area (Å²) in [6.45, 7) is 1.59. The van der Waals surface area contributed by atoms with E-state index >= 15 is 0 Å². The smallest absolute Gasteiger partial charge is 0.278 e. The number of hydrogen-bond donors (Lipinski definition) is 1. The topological polar surface area (TPSA) is 76.9 Å². The van der Waals surface area contributed by atoms with Crippen molar-refractivity contribution in [1.82, 2.24) is 15.0 Å². The van der Waals surface area contributed by atoms with Crippen LogP contribution in [0.3, 0.4) is 0 Å². The van der Waals surface area contributed by atoms with E-state index in [0.717, 1.165) is 4.68 Å². The summed E-state index contributed by atoms with van der Waals surface area (Å²) in [4.78, 5) is 24.7. The van der Waals surface area contributed by atoms with Gasteiger partial charge in [-0.3, -0.25) is 9.59 Å². The highest BCUT2D eigenvalue weighted by molar-refractivity contribution is 6.30. The molecule has 1 atom stereocenters. The molecule has 2 aromatic carbocycles. The fourth-order valence-corrected chi connectivity index (χ4v) is 2.27. The molecule has 0 radical (unpaired) electrons. The molecular formula is C16H13ClN4O2. The number of rotatable bonds is 3. The number of aromatic nitrogens is 3. The molecule has 0 saturated heterocycles. The van der Waals surface area contributed by atoms with Gasteiger partial charge in [0.25, 0.3) is 5.56 Å². The predicted octanol–water partition coefficient (Wildman–Crippen LogP) is 2.64. The third kappa shape index (κ3) is 3.07. The Morgan fingerprint density at radius 2 is 1.87 bits per heavy atom. The highest BCUT2D eigenvalue weighted by Crippen LogP contribution is 2.15. The molecule has 0 aliphatic rings. The first-order chi connectivity index (χ1) is 11.1. The minimum Gasteiger partial charge on any atom is -0.324 e. The van der Waals surface area contributed by atoms with Crippen molar-refractivity contribution in [1.29, 1.82) is 0 Å². The summed E-state index contributed by atoms with van der Waals surface area (Å²) in [5.41, 5.74) is 0.737. The van der Waals surface area contributed by atoms with Crippen molar-refractivity contribution >= 4 is 34.1 Å². The van der Waals surface area contributed by atoms with Gasteiger partial charge in [0, 0.05) is 10.7 Å². The zero-order chi connectivity index (χ0) is 16.4. The molecule has 1 aromatic heterocycles. The van der Waals surface area contributed by atoms with Gasteiger partial charge in [-0.2, -0.15) is 4.68 Å². The maximum atomic E-state index is 12.4. The van der Waals surface area contributed by atoms with E-state index in [1.54, 1.807) is 55.5 Å². The third-order valence-corrected chi connectivity index (χ3v) is 3.70. The van der Waals surface area contributed by atoms with Crippen molar-refractivity contribution in [2.24, 2.45) is 0 Å². The predicted molar refractivity (Wildman–Crippen MR) is 88.6 cm³/mol. The van der Waals surface area contributed by atoms with Gasteiger partial charge in [0.05, 0.1) is 5.39 Å². The minimum absolute atomic E-state index is 0.352. The zero-order valence-corrected chi connectivity index (χ0v) is 13.0. The van der Waals surface area contributed by atoms with Crippen LogP contribution in [0.5, 0.6) is 0 Å². The average molecular weight is 329 g/mol. The molecule has 116 valence electrons. The van der Waals surface area contributed by atoms with Gasteiger partial charge in [-0.05, 0) is 43.3 Å². The maximum absolute atomic E-state index is 12.4. The van der Waals surface area contributed by atoms with Crippen molar-refractivity contribution in [3.8, 4) is 0 Å². The van der Waals surface area contributed by atoms with Crippen molar-refractivity contribution in [2.45, 2.75) is 13.0 Å². The molecule has 7 heteroatoms. The van der Waals surface area contributed by atoms with Crippen LogP contribution >= 0.6 is 11.6 Å². The van der Waals surface area contributed by atoms with E-state index in [-0.39, 0.29) is 11.5 Å². The number of halogens is 1. The molecule has 0 saturated carbocycles. The lowest BCUT2D eigenvalue weighted by atomic mass is 10.2. The second-order valence-corrected chi connectivity index (χ2v) is 5.46. The number of carbonyl (C=O) groups excluding carboxylic acids is 1. The number of carbonyl (C=O) groups is 1. The second-order valence-electron chi connectivity index (χ2n) is 5.03. The summed E-state index contributed by atoms with van der Waals surface area (Å²) in [5, 5.41) is 11.6. The molecule has 23 heavy (non-hydrogen) atoms. The van der Waals surface area contributed by atoms with E-state index in [4.69, 9.17) is 11.6 Å². The van der Waals surface area contributed by atoms with Crippen LogP contribution in [0.2, 0.25) is 5.02 Å². The van der Waals surface area contributed by atoms with Crippen LogP contribution < -0.4 is 10.9 Å². The summed E-state index contributed by atoms with van der Waals surface area (Å²) in [6.07, 6.45) is 0. The van der Waals surface area contributed by atoms with Gasteiger partial charge in [0.15, 0.2) is 0 Å². The fourth-order valence-electron chi connectivity index (χ4n) is 2.15. The van der Waals surface area contributed by atoms with Gasteiger partial charge < -0.3 is 5.32 Å². The molecule has 0 aliphatic heterocycles. The number of fused-ring (bicyclic) bond motifs is 1. The molecule has 1 unspecified atom stereocenters. The molecule has 0 bridgehead atoms. The molecule has 1 heterocycles. The van der Waals surface area contributed by atoms with Crippen molar-refractivity contribution < 1.29 is 4.79 Å². The first-order valence-corrected chi connectivity index (χ1v) is 7.35. The highest BCUT2D eigenvalue weighted by Gasteiger charge is 2.19. The van der Waals surface area contributed by atoms with Gasteiger partial charge in [-0.1, -0.05) is 28.9 Å². The van der Waals surface area contributed by atoms with Crippen LogP contribution in [-0.2, 0) is 4.79 Å². The Balaban J connectivity index is 1.89. The Labute approximate surface area is 136 Å². The van der Waals surface area contributed by atoms with Crippen LogP contribution in [0.25, 0.3) is 10.9 Å². The first-order valence-electron chi connectivity index (χ1n) is 6.97. The van der Waals surface area contributed by atoms with Gasteiger partial charge >= 0.3 is 0 Å². The van der Waals surface area contributed by atoms with Gasteiger partial charge in [-0.25, -0.2) is 0 Å². The third-order valence-electron chi connectivity index (χ3n) is 3.45. The van der Waals surface area contributed by atoms with Gasteiger partial charge in [0.1, 0.15) is 11.6 Å². The molecule has 0 spiro atoms. The Hall–Kier alpha value is -2.73. The number of hydrogen-bond acceptors (Lipinski definition) is 4. The van der Waals surface area contributed by atoms with Crippen molar-refractivity contribution in [3.63, 3.8) is 0 Å². The van der Waals surface area contributed by atoms with E-state index in [1.807, 2.05) is 0 Å². The molecule has 1 N–H and O–H groups in total. The lowest BCUT2D eigenvalue weighted by molar-refractivity contribution is -0.119. The summed E-state index contributed by atoms with van der Waals surface area (Å²) in [5.74, 6) is -0.362. The number of benzene rings is 2. The Morgan fingerprint density at radius 1 is 1.17 bits per heavy atom. The first kappa shape index (κ1) is 15.2. The SMILES string of the molecule is CC(C(=O)Nc1ccc(Cl)cc1)n1nnc2ccccc2c1=O. The normalized spacial score (nSPS) is 12.1. The van der Waals surface area contributed by atoms with E-state index < -0.39 is 6.04 Å². The quantitative estimate of drug-likeness (QED) is 0.801. The lowest BCUT2D eigenvalue weighted by Crippen LogP contribution is -2.34. The van der Waals surface area contributed by atoms with Gasteiger partial charge in [0.2, 0.25) is 5.91 Å². The average Bonchev–Trinajstić information content (AvgIpc) is 2.57. The number of anilines is 1. The van der Waals surface area contributed by atoms with E-state index in [1.165, 1.54) is 0 Å². The van der Waals surface area contributed by atoms with Crippen LogP contribution in [0.4, 0.5) is 5.69 Å². The summed E-state index contributed by atoms with van der Waals surface area (Å²) in [6, 6.07) is 12.8. The minimum atomic E-state index is -0.796. The van der Waals surface area contributed by atoms with Crippen molar-refractivity contribution in [3.05, 3.63) is 63.9 Å². The molecule has 0 aliphatic carbocycles. The summed E-state index contributed by atoms with van der Waals surface area (Å²) >= 11 is 5.81. The highest BCUT2D eigenvalue weighted by atomic mass is 35.5. The zero-order valence-electron chi connectivity index (χ0n) is 12.2. The summed E-state index contributed by atoms with van der Waals surface area (Å²) in [7, 11) is 0. The fraction of sp³-hybridized carbons (Fsp3) is 0.125. The van der Waals surface area contributed by atoms with Crippen LogP contribution in [-0.4, -0.2) is 20.9 Å². The molecule has 6 nitrogen and oxygen atoms in total. The molecule has 1 amide bonds. The van der Waals surface area contributed by atoms with Crippen LogP contribution in [0.1, 0.15) is 13.0 Å². The number of amides is 1. The molecule has 3 aromatic rings. The van der Waals surface area contributed by atoms with Gasteiger partial charge in [-0.15, -0.1) is 5.10 Å². The summed E-state index contributed by atoms with van der Waals surface area (Å²) < 4.78 is 1.08. The van der Waals surface area contributed by atoms with E-state index in [0.29, 0.717) is 21.6 Å². The molecule has 3 rings (SSSR count). The second kappa shape index (κ2) is 6.18. The monoisotopic (exact) mass is 328 g/mol.